The fraction of sp³-hybridized carbons (Fsp3) is 0.389. The first-order valence-corrected chi connectivity index (χ1v) is 7.96. The molecule has 0 spiro atoms. The summed E-state index contributed by atoms with van der Waals surface area (Å²) in [5.74, 6) is -1.01. The van der Waals surface area contributed by atoms with Crippen LogP contribution in [0.15, 0.2) is 18.3 Å². The molecule has 0 aliphatic heterocycles. The predicted molar refractivity (Wildman–Crippen MR) is 87.6 cm³/mol. The zero-order valence-corrected chi connectivity index (χ0v) is 14.0. The van der Waals surface area contributed by atoms with Crippen LogP contribution in [0.2, 0.25) is 0 Å². The molecular formula is C18H20N2O4. The number of carbonyl (C=O) groups excluding carboxylic acids is 3. The van der Waals surface area contributed by atoms with Crippen molar-refractivity contribution in [2.75, 3.05) is 6.61 Å². The molecule has 1 aliphatic carbocycles. The highest BCUT2D eigenvalue weighted by Crippen LogP contribution is 2.38. The molecule has 0 bridgehead atoms. The molecule has 0 amide bonds. The van der Waals surface area contributed by atoms with Gasteiger partial charge in [0.25, 0.3) is 0 Å². The second-order valence-electron chi connectivity index (χ2n) is 6.24. The van der Waals surface area contributed by atoms with Crippen molar-refractivity contribution >= 4 is 17.5 Å². The Morgan fingerprint density at radius 2 is 1.96 bits per heavy atom. The first kappa shape index (κ1) is 16.2. The lowest BCUT2D eigenvalue weighted by Crippen LogP contribution is -2.15. The molecule has 3 rings (SSSR count). The molecule has 0 aromatic carbocycles. The number of esters is 1. The van der Waals surface area contributed by atoms with Crippen LogP contribution in [0.25, 0.3) is 0 Å². The summed E-state index contributed by atoms with van der Waals surface area (Å²) >= 11 is 0. The second-order valence-corrected chi connectivity index (χ2v) is 6.24. The largest absolute Gasteiger partial charge is 0.453 e. The number of aromatic nitrogens is 2. The lowest BCUT2D eigenvalue weighted by Gasteiger charge is -2.07. The number of aryl methyl sites for hydroxylation is 1. The van der Waals surface area contributed by atoms with Crippen LogP contribution in [0.5, 0.6) is 0 Å². The third kappa shape index (κ3) is 3.04. The van der Waals surface area contributed by atoms with Crippen LogP contribution in [0.3, 0.4) is 0 Å². The fourth-order valence-corrected chi connectivity index (χ4v) is 2.96. The number of ether oxygens (including phenoxy) is 1. The van der Waals surface area contributed by atoms with Gasteiger partial charge in [0.05, 0.1) is 0 Å². The van der Waals surface area contributed by atoms with Crippen LogP contribution < -0.4 is 0 Å². The highest BCUT2D eigenvalue weighted by atomic mass is 16.5. The summed E-state index contributed by atoms with van der Waals surface area (Å²) in [5.41, 5.74) is 3.15. The number of rotatable bonds is 6. The summed E-state index contributed by atoms with van der Waals surface area (Å²) in [6.45, 7) is 5.00. The van der Waals surface area contributed by atoms with Crippen molar-refractivity contribution in [2.45, 2.75) is 39.7 Å². The van der Waals surface area contributed by atoms with E-state index in [9.17, 15) is 14.4 Å². The van der Waals surface area contributed by atoms with E-state index < -0.39 is 5.97 Å². The Balaban J connectivity index is 1.66. The van der Waals surface area contributed by atoms with Gasteiger partial charge in [-0.05, 0) is 45.7 Å². The summed E-state index contributed by atoms with van der Waals surface area (Å²) < 4.78 is 7.26. The van der Waals surface area contributed by atoms with Gasteiger partial charge in [0.2, 0.25) is 5.78 Å². The maximum Gasteiger partial charge on any atom is 0.355 e. The smallest absolute Gasteiger partial charge is 0.355 e. The van der Waals surface area contributed by atoms with E-state index in [0.29, 0.717) is 17.2 Å². The summed E-state index contributed by atoms with van der Waals surface area (Å²) in [6.07, 6.45) is 3.73. The maximum absolute atomic E-state index is 12.4. The zero-order chi connectivity index (χ0) is 17.4. The minimum atomic E-state index is -0.646. The van der Waals surface area contributed by atoms with Crippen molar-refractivity contribution in [1.29, 1.82) is 0 Å². The van der Waals surface area contributed by atoms with Gasteiger partial charge in [-0.25, -0.2) is 4.79 Å². The topological polar surface area (TPSA) is 81.2 Å². The van der Waals surface area contributed by atoms with E-state index in [1.54, 1.807) is 0 Å². The SMILES string of the molecule is CC(=O)c1c[nH]c(C(=O)OCC(=O)c2cc(C)n(C3CC3)c2C)c1. The summed E-state index contributed by atoms with van der Waals surface area (Å²) in [5, 5.41) is 0. The van der Waals surface area contributed by atoms with Gasteiger partial charge in [-0.3, -0.25) is 9.59 Å². The number of hydrogen-bond acceptors (Lipinski definition) is 4. The van der Waals surface area contributed by atoms with Crippen LogP contribution >= 0.6 is 0 Å². The molecule has 1 saturated carbocycles. The van der Waals surface area contributed by atoms with Crippen molar-refractivity contribution in [3.63, 3.8) is 0 Å². The molecule has 1 N–H and O–H groups in total. The van der Waals surface area contributed by atoms with E-state index in [0.717, 1.165) is 24.2 Å². The molecule has 6 heteroatoms. The van der Waals surface area contributed by atoms with Crippen molar-refractivity contribution in [1.82, 2.24) is 9.55 Å². The Hall–Kier alpha value is -2.63. The maximum atomic E-state index is 12.4. The van der Waals surface area contributed by atoms with Gasteiger partial charge >= 0.3 is 5.97 Å². The average molecular weight is 328 g/mol. The molecule has 1 aliphatic rings. The van der Waals surface area contributed by atoms with Crippen LogP contribution in [0.4, 0.5) is 0 Å². The molecule has 0 radical (unpaired) electrons. The Bertz CT molecular complexity index is 824. The number of Topliss-reactive ketones (excluding diaryl/α,β-unsaturated/α-hetero) is 2. The minimum absolute atomic E-state index is 0.145. The van der Waals surface area contributed by atoms with Crippen LogP contribution in [0.1, 0.15) is 68.4 Å². The lowest BCUT2D eigenvalue weighted by molar-refractivity contribution is 0.0469. The lowest BCUT2D eigenvalue weighted by atomic mass is 10.1. The van der Waals surface area contributed by atoms with Gasteiger partial charge in [-0.15, -0.1) is 0 Å². The molecule has 2 aromatic rings. The van der Waals surface area contributed by atoms with Crippen LogP contribution in [-0.2, 0) is 4.74 Å². The number of H-pyrrole nitrogens is 1. The van der Waals surface area contributed by atoms with E-state index >= 15 is 0 Å². The Kier molecular flexibility index (Phi) is 4.13. The van der Waals surface area contributed by atoms with Crippen molar-refractivity contribution < 1.29 is 19.1 Å². The molecule has 24 heavy (non-hydrogen) atoms. The quantitative estimate of drug-likeness (QED) is 0.653. The van der Waals surface area contributed by atoms with E-state index in [1.807, 2.05) is 19.9 Å². The van der Waals surface area contributed by atoms with Crippen LogP contribution in [-0.4, -0.2) is 33.7 Å². The monoisotopic (exact) mass is 328 g/mol. The van der Waals surface area contributed by atoms with Crippen molar-refractivity contribution in [3.8, 4) is 0 Å². The number of ketones is 2. The van der Waals surface area contributed by atoms with Crippen molar-refractivity contribution in [3.05, 3.63) is 46.5 Å². The van der Waals surface area contributed by atoms with E-state index in [4.69, 9.17) is 4.74 Å². The molecule has 0 saturated heterocycles. The number of aromatic amines is 1. The number of nitrogens with one attached hydrogen (secondary N) is 1. The van der Waals surface area contributed by atoms with E-state index in [2.05, 4.69) is 9.55 Å². The third-order valence-electron chi connectivity index (χ3n) is 4.34. The minimum Gasteiger partial charge on any atom is -0.453 e. The first-order chi connectivity index (χ1) is 11.4. The van der Waals surface area contributed by atoms with Gasteiger partial charge in [-0.2, -0.15) is 0 Å². The van der Waals surface area contributed by atoms with Gasteiger partial charge in [-0.1, -0.05) is 0 Å². The number of nitrogens with zero attached hydrogens (tertiary/aromatic N) is 1. The first-order valence-electron chi connectivity index (χ1n) is 7.96. The third-order valence-corrected chi connectivity index (χ3v) is 4.34. The fourth-order valence-electron chi connectivity index (χ4n) is 2.96. The molecule has 126 valence electrons. The molecular weight excluding hydrogens is 308 g/mol. The normalized spacial score (nSPS) is 13.8. The average Bonchev–Trinajstić information content (AvgIpc) is 3.14. The van der Waals surface area contributed by atoms with Gasteiger partial charge < -0.3 is 14.3 Å². The van der Waals surface area contributed by atoms with Gasteiger partial charge in [0.15, 0.2) is 12.4 Å². The molecule has 0 unspecified atom stereocenters. The van der Waals surface area contributed by atoms with Crippen LogP contribution in [0, 0.1) is 13.8 Å². The zero-order valence-electron chi connectivity index (χ0n) is 14.0. The number of carbonyl (C=O) groups is 3. The summed E-state index contributed by atoms with van der Waals surface area (Å²) in [6, 6.07) is 3.78. The Morgan fingerprint density at radius 3 is 2.54 bits per heavy atom. The standard InChI is InChI=1S/C18H20N2O4/c1-10-6-15(11(2)20(10)14-4-5-14)17(22)9-24-18(23)16-7-13(8-19-16)12(3)21/h6-8,14,19H,4-5,9H2,1-3H3. The molecule has 2 aromatic heterocycles. The predicted octanol–water partition coefficient (Wildman–Crippen LogP) is 3.01. The Labute approximate surface area is 139 Å². The van der Waals surface area contributed by atoms with E-state index in [1.165, 1.54) is 19.2 Å². The van der Waals surface area contributed by atoms with Gasteiger partial charge in [0, 0.05) is 34.8 Å². The molecule has 2 heterocycles. The molecule has 6 nitrogen and oxygen atoms in total. The van der Waals surface area contributed by atoms with Gasteiger partial charge in [0.1, 0.15) is 5.69 Å². The second kappa shape index (κ2) is 6.11. The molecule has 1 fully saturated rings. The van der Waals surface area contributed by atoms with E-state index in [-0.39, 0.29) is 23.9 Å². The highest BCUT2D eigenvalue weighted by molar-refractivity contribution is 6.01. The Morgan fingerprint density at radius 1 is 1.25 bits per heavy atom. The highest BCUT2D eigenvalue weighted by Gasteiger charge is 2.28. The molecule has 0 atom stereocenters. The van der Waals surface area contributed by atoms with Crippen molar-refractivity contribution in [2.24, 2.45) is 0 Å². The summed E-state index contributed by atoms with van der Waals surface area (Å²) in [4.78, 5) is 38.3. The number of hydrogen-bond donors (Lipinski definition) is 1. The summed E-state index contributed by atoms with van der Waals surface area (Å²) in [7, 11) is 0.